The Morgan fingerprint density at radius 3 is 2.38 bits per heavy atom. The third-order valence-electron chi connectivity index (χ3n) is 6.87. The Bertz CT molecular complexity index is 1140. The second-order valence-corrected chi connectivity index (χ2v) is 10.9. The molecule has 0 bridgehead atoms. The van der Waals surface area contributed by atoms with Gasteiger partial charge in [-0.1, -0.05) is 25.7 Å². The zero-order valence-electron chi connectivity index (χ0n) is 20.2. The Balaban J connectivity index is 1.79. The predicted molar refractivity (Wildman–Crippen MR) is 132 cm³/mol. The van der Waals surface area contributed by atoms with Crippen LogP contribution in [0, 0.1) is 0 Å². The zero-order chi connectivity index (χ0) is 24.3. The summed E-state index contributed by atoms with van der Waals surface area (Å²) in [7, 11) is -0.423. The van der Waals surface area contributed by atoms with Gasteiger partial charge >= 0.3 is 0 Å². The Morgan fingerprint density at radius 1 is 1.00 bits per heavy atom. The van der Waals surface area contributed by atoms with Crippen molar-refractivity contribution in [1.29, 1.82) is 0 Å². The van der Waals surface area contributed by atoms with Gasteiger partial charge in [0, 0.05) is 24.7 Å². The van der Waals surface area contributed by atoms with E-state index in [9.17, 15) is 13.2 Å². The number of carbonyl (C=O) groups excluding carboxylic acids is 1. The van der Waals surface area contributed by atoms with Gasteiger partial charge in [0.1, 0.15) is 0 Å². The second kappa shape index (κ2) is 10.4. The molecule has 1 atom stereocenters. The molecule has 0 spiro atoms. The molecule has 4 rings (SSSR count). The topological polar surface area (TPSA) is 84.9 Å². The van der Waals surface area contributed by atoms with Crippen LogP contribution in [0.25, 0.3) is 0 Å². The Labute approximate surface area is 202 Å². The Kier molecular flexibility index (Phi) is 7.48. The van der Waals surface area contributed by atoms with E-state index in [1.165, 1.54) is 6.92 Å². The number of ether oxygens (including phenoxy) is 2. The molecule has 2 aliphatic rings. The van der Waals surface area contributed by atoms with Gasteiger partial charge in [0.2, 0.25) is 15.9 Å². The molecule has 2 aromatic rings. The average molecular weight is 487 g/mol. The third kappa shape index (κ3) is 4.79. The molecule has 34 heavy (non-hydrogen) atoms. The van der Waals surface area contributed by atoms with Crippen molar-refractivity contribution in [2.75, 3.05) is 26.1 Å². The van der Waals surface area contributed by atoms with Gasteiger partial charge in [-0.2, -0.15) is 4.31 Å². The number of hydrogen-bond donors (Lipinski definition) is 1. The van der Waals surface area contributed by atoms with Gasteiger partial charge in [0.25, 0.3) is 0 Å². The van der Waals surface area contributed by atoms with E-state index in [0.717, 1.165) is 73.1 Å². The molecule has 1 aliphatic heterocycles. The van der Waals surface area contributed by atoms with Crippen molar-refractivity contribution in [3.05, 3.63) is 47.0 Å². The number of methoxy groups -OCH3 is 2. The highest BCUT2D eigenvalue weighted by atomic mass is 32.2. The van der Waals surface area contributed by atoms with E-state index in [-0.39, 0.29) is 16.8 Å². The minimum atomic E-state index is -3.73. The van der Waals surface area contributed by atoms with Crippen LogP contribution in [0.4, 0.5) is 5.69 Å². The number of nitrogens with zero attached hydrogens (tertiary/aromatic N) is 1. The minimum absolute atomic E-state index is 0.193. The summed E-state index contributed by atoms with van der Waals surface area (Å²) >= 11 is 0. The lowest BCUT2D eigenvalue weighted by molar-refractivity contribution is -0.114. The highest BCUT2D eigenvalue weighted by Crippen LogP contribution is 2.46. The first-order valence-electron chi connectivity index (χ1n) is 12.0. The Hall–Kier alpha value is -2.58. The number of amides is 1. The molecule has 8 heteroatoms. The van der Waals surface area contributed by atoms with Crippen molar-refractivity contribution in [1.82, 2.24) is 4.31 Å². The van der Waals surface area contributed by atoms with Gasteiger partial charge in [-0.3, -0.25) is 4.79 Å². The summed E-state index contributed by atoms with van der Waals surface area (Å²) in [5, 5.41) is 2.69. The maximum absolute atomic E-state index is 13.8. The molecule has 1 amide bonds. The van der Waals surface area contributed by atoms with E-state index in [0.29, 0.717) is 18.7 Å². The molecule has 1 unspecified atom stereocenters. The highest BCUT2D eigenvalue weighted by Gasteiger charge is 2.39. The summed E-state index contributed by atoms with van der Waals surface area (Å²) in [6.45, 7) is 1.85. The molecule has 0 aromatic heterocycles. The van der Waals surface area contributed by atoms with Crippen molar-refractivity contribution >= 4 is 21.6 Å². The average Bonchev–Trinajstić information content (AvgIpc) is 2.82. The minimum Gasteiger partial charge on any atom is -0.493 e. The van der Waals surface area contributed by atoms with Crippen LogP contribution in [0.2, 0.25) is 0 Å². The van der Waals surface area contributed by atoms with Crippen molar-refractivity contribution in [2.24, 2.45) is 0 Å². The lowest BCUT2D eigenvalue weighted by atomic mass is 9.83. The van der Waals surface area contributed by atoms with Crippen LogP contribution in [0.1, 0.15) is 68.2 Å². The molecule has 0 radical (unpaired) electrons. The maximum Gasteiger partial charge on any atom is 0.243 e. The fourth-order valence-electron chi connectivity index (χ4n) is 5.34. The third-order valence-corrected chi connectivity index (χ3v) is 8.79. The molecular weight excluding hydrogens is 452 g/mol. The highest BCUT2D eigenvalue weighted by molar-refractivity contribution is 7.89. The smallest absolute Gasteiger partial charge is 0.243 e. The lowest BCUT2D eigenvalue weighted by Crippen LogP contribution is -2.40. The second-order valence-electron chi connectivity index (χ2n) is 9.06. The lowest BCUT2D eigenvalue weighted by Gasteiger charge is -2.39. The van der Waals surface area contributed by atoms with E-state index in [4.69, 9.17) is 9.47 Å². The molecule has 2 aromatic carbocycles. The summed E-state index contributed by atoms with van der Waals surface area (Å²) < 4.78 is 40.8. The quantitative estimate of drug-likeness (QED) is 0.653. The molecule has 1 heterocycles. The van der Waals surface area contributed by atoms with E-state index < -0.39 is 10.0 Å². The summed E-state index contributed by atoms with van der Waals surface area (Å²) in [5.41, 5.74) is 3.92. The van der Waals surface area contributed by atoms with Crippen LogP contribution >= 0.6 is 0 Å². The van der Waals surface area contributed by atoms with Crippen molar-refractivity contribution < 1.29 is 22.7 Å². The van der Waals surface area contributed by atoms with E-state index in [2.05, 4.69) is 5.32 Å². The molecule has 7 nitrogen and oxygen atoms in total. The first-order valence-corrected chi connectivity index (χ1v) is 13.5. The number of rotatable bonds is 5. The molecule has 1 N–H and O–H groups in total. The molecule has 184 valence electrons. The Morgan fingerprint density at radius 2 is 1.71 bits per heavy atom. The van der Waals surface area contributed by atoms with Crippen LogP contribution < -0.4 is 14.8 Å². The maximum atomic E-state index is 13.8. The molecule has 0 fully saturated rings. The van der Waals surface area contributed by atoms with Crippen LogP contribution in [-0.2, 0) is 27.7 Å². The van der Waals surface area contributed by atoms with Crippen molar-refractivity contribution in [3.63, 3.8) is 0 Å². The first kappa shape index (κ1) is 24.5. The van der Waals surface area contributed by atoms with Gasteiger partial charge < -0.3 is 14.8 Å². The van der Waals surface area contributed by atoms with E-state index in [1.54, 1.807) is 42.8 Å². The largest absolute Gasteiger partial charge is 0.493 e. The SMILES string of the molecule is COc1cc2c3c(c1OC)CCCCCCCC3N(S(=O)(=O)c1ccc(NC(C)=O)cc1)CC2. The number of carbonyl (C=O) groups is 1. The van der Waals surface area contributed by atoms with Crippen LogP contribution in [0.15, 0.2) is 35.2 Å². The first-order chi connectivity index (χ1) is 16.4. The zero-order valence-corrected chi connectivity index (χ0v) is 21.0. The summed E-state index contributed by atoms with van der Waals surface area (Å²) in [6.07, 6.45) is 7.68. The number of nitrogens with one attached hydrogen (secondary N) is 1. The summed E-state index contributed by atoms with van der Waals surface area (Å²) in [4.78, 5) is 11.6. The van der Waals surface area contributed by atoms with Gasteiger partial charge in [-0.25, -0.2) is 8.42 Å². The van der Waals surface area contributed by atoms with Crippen LogP contribution in [0.5, 0.6) is 11.5 Å². The summed E-state index contributed by atoms with van der Waals surface area (Å²) in [5.74, 6) is 1.25. The van der Waals surface area contributed by atoms with Gasteiger partial charge in [-0.15, -0.1) is 0 Å². The monoisotopic (exact) mass is 486 g/mol. The van der Waals surface area contributed by atoms with Gasteiger partial charge in [0.05, 0.1) is 25.2 Å². The number of benzene rings is 2. The van der Waals surface area contributed by atoms with E-state index in [1.807, 2.05) is 6.07 Å². The standard InChI is InChI=1S/C26H34N2O5S/c1-18(29)27-20-11-13-21(14-12-20)34(30,31)28-16-15-19-17-24(32-2)26(33-3)22-9-7-5-4-6-8-10-23(28)25(19)22/h11-14,17,23H,4-10,15-16H2,1-3H3,(H,27,29). The molecular formula is C26H34N2O5S. The molecule has 0 saturated carbocycles. The number of sulfonamides is 1. The normalized spacial score (nSPS) is 19.1. The van der Waals surface area contributed by atoms with Crippen molar-refractivity contribution in [2.45, 2.75) is 69.2 Å². The number of hydrogen-bond acceptors (Lipinski definition) is 5. The van der Waals surface area contributed by atoms with Crippen molar-refractivity contribution in [3.8, 4) is 11.5 Å². The molecule has 0 saturated heterocycles. The van der Waals surface area contributed by atoms with Crippen LogP contribution in [-0.4, -0.2) is 39.4 Å². The molecule has 1 aliphatic carbocycles. The van der Waals surface area contributed by atoms with Gasteiger partial charge in [0.15, 0.2) is 11.5 Å². The summed E-state index contributed by atoms with van der Waals surface area (Å²) in [6, 6.07) is 8.22. The van der Waals surface area contributed by atoms with Crippen LogP contribution in [0.3, 0.4) is 0 Å². The van der Waals surface area contributed by atoms with Gasteiger partial charge in [-0.05, 0) is 67.1 Å². The fraction of sp³-hybridized carbons (Fsp3) is 0.500. The predicted octanol–water partition coefficient (Wildman–Crippen LogP) is 4.85. The van der Waals surface area contributed by atoms with E-state index >= 15 is 0 Å². The number of anilines is 1. The fourth-order valence-corrected chi connectivity index (χ4v) is 6.97.